The van der Waals surface area contributed by atoms with E-state index in [2.05, 4.69) is 0 Å². The van der Waals surface area contributed by atoms with E-state index >= 15 is 0 Å². The Balaban J connectivity index is 2.14. The van der Waals surface area contributed by atoms with Gasteiger partial charge in [0, 0.05) is 0 Å². The summed E-state index contributed by atoms with van der Waals surface area (Å²) in [4.78, 5) is 0. The highest BCUT2D eigenvalue weighted by atomic mass is 35.5. The maximum atomic E-state index is 9.97. The molecule has 142 valence electrons. The summed E-state index contributed by atoms with van der Waals surface area (Å²) in [7, 11) is 0. The molecule has 0 saturated carbocycles. The number of hydrogen-bond acceptors (Lipinski definition) is 11. The van der Waals surface area contributed by atoms with Crippen LogP contribution in [0.4, 0.5) is 0 Å². The Morgan fingerprint density at radius 3 is 2.04 bits per heavy atom. The van der Waals surface area contributed by atoms with Crippen LogP contribution in [0.15, 0.2) is 0 Å². The molecule has 12 heteroatoms. The highest BCUT2D eigenvalue weighted by molar-refractivity contribution is 6.19. The average Bonchev–Trinajstić information content (AvgIpc) is 2.54. The van der Waals surface area contributed by atoms with Crippen LogP contribution in [0.25, 0.3) is 0 Å². The Labute approximate surface area is 141 Å². The summed E-state index contributed by atoms with van der Waals surface area (Å²) in [5.74, 6) is 0. The standard InChI is InChI=1S/C12H21ClO11/c13-10(20)9-4(16)3(15)7(19)12(24-9)23-8-2(1-14)22-11(21)6(18)5(8)17/h2-12,14-21H,1H2/t2-,3+,4-,5-,6-,7-,8-,9+,10?,11+,12-/m1/s1. The van der Waals surface area contributed by atoms with Crippen LogP contribution in [0.5, 0.6) is 0 Å². The first-order valence-electron chi connectivity index (χ1n) is 7.16. The van der Waals surface area contributed by atoms with Crippen LogP contribution in [0.2, 0.25) is 0 Å². The minimum absolute atomic E-state index is 0.707. The molecule has 2 rings (SSSR count). The predicted octanol–water partition coefficient (Wildman–Crippen LogP) is -4.83. The normalized spacial score (nSPS) is 51.4. The van der Waals surface area contributed by atoms with E-state index in [9.17, 15) is 40.9 Å². The van der Waals surface area contributed by atoms with E-state index in [0.717, 1.165) is 0 Å². The minimum atomic E-state index is -1.79. The molecule has 0 aliphatic carbocycles. The highest BCUT2D eigenvalue weighted by Gasteiger charge is 2.51. The van der Waals surface area contributed by atoms with E-state index in [1.54, 1.807) is 0 Å². The average molecular weight is 377 g/mol. The molecule has 0 spiro atoms. The predicted molar refractivity (Wildman–Crippen MR) is 73.4 cm³/mol. The van der Waals surface area contributed by atoms with E-state index in [1.165, 1.54) is 0 Å². The molecule has 24 heavy (non-hydrogen) atoms. The van der Waals surface area contributed by atoms with E-state index in [0.29, 0.717) is 0 Å². The lowest BCUT2D eigenvalue weighted by Crippen LogP contribution is -2.65. The van der Waals surface area contributed by atoms with Crippen molar-refractivity contribution in [2.24, 2.45) is 0 Å². The molecule has 11 atom stereocenters. The van der Waals surface area contributed by atoms with Crippen molar-refractivity contribution in [3.63, 3.8) is 0 Å². The van der Waals surface area contributed by atoms with Crippen molar-refractivity contribution in [3.05, 3.63) is 0 Å². The monoisotopic (exact) mass is 376 g/mol. The molecule has 2 aliphatic heterocycles. The van der Waals surface area contributed by atoms with E-state index in [1.807, 2.05) is 0 Å². The van der Waals surface area contributed by atoms with Gasteiger partial charge in [-0.2, -0.15) is 0 Å². The van der Waals surface area contributed by atoms with Crippen molar-refractivity contribution in [1.82, 2.24) is 0 Å². The second-order valence-corrected chi connectivity index (χ2v) is 6.09. The van der Waals surface area contributed by atoms with Gasteiger partial charge in [-0.05, 0) is 0 Å². The van der Waals surface area contributed by atoms with Crippen LogP contribution < -0.4 is 0 Å². The summed E-state index contributed by atoms with van der Waals surface area (Å²) in [6.45, 7) is -0.707. The number of aliphatic hydroxyl groups is 8. The smallest absolute Gasteiger partial charge is 0.187 e. The quantitative estimate of drug-likeness (QED) is 0.220. The van der Waals surface area contributed by atoms with Gasteiger partial charge in [0.05, 0.1) is 6.61 Å². The van der Waals surface area contributed by atoms with Gasteiger partial charge in [-0.3, -0.25) is 0 Å². The first-order valence-corrected chi connectivity index (χ1v) is 7.60. The molecular weight excluding hydrogens is 356 g/mol. The summed E-state index contributed by atoms with van der Waals surface area (Å²) >= 11 is 5.43. The van der Waals surface area contributed by atoms with E-state index in [-0.39, 0.29) is 0 Å². The van der Waals surface area contributed by atoms with Crippen LogP contribution in [-0.2, 0) is 14.2 Å². The van der Waals surface area contributed by atoms with Crippen molar-refractivity contribution in [1.29, 1.82) is 0 Å². The molecular formula is C12H21ClO11. The zero-order valence-electron chi connectivity index (χ0n) is 12.2. The lowest BCUT2D eigenvalue weighted by Gasteiger charge is -2.45. The maximum Gasteiger partial charge on any atom is 0.187 e. The summed E-state index contributed by atoms with van der Waals surface area (Å²) in [5, 5.41) is 77.0. The lowest BCUT2D eigenvalue weighted by molar-refractivity contribution is -0.356. The van der Waals surface area contributed by atoms with Gasteiger partial charge in [-0.25, -0.2) is 0 Å². The number of rotatable bonds is 4. The number of hydrogen-bond donors (Lipinski definition) is 8. The number of alkyl halides is 1. The third kappa shape index (κ3) is 3.82. The van der Waals surface area contributed by atoms with Gasteiger partial charge < -0.3 is 55.1 Å². The fourth-order valence-electron chi connectivity index (χ4n) is 2.60. The molecule has 0 radical (unpaired) electrons. The molecule has 1 unspecified atom stereocenters. The van der Waals surface area contributed by atoms with Crippen molar-refractivity contribution in [2.45, 2.75) is 67.0 Å². The van der Waals surface area contributed by atoms with Gasteiger partial charge in [0.2, 0.25) is 0 Å². The van der Waals surface area contributed by atoms with Crippen molar-refractivity contribution in [3.8, 4) is 0 Å². The number of aliphatic hydroxyl groups excluding tert-OH is 8. The molecule has 2 aliphatic rings. The summed E-state index contributed by atoms with van der Waals surface area (Å²) in [6, 6.07) is 0. The van der Waals surface area contributed by atoms with E-state index in [4.69, 9.17) is 25.8 Å². The zero-order valence-corrected chi connectivity index (χ0v) is 13.0. The summed E-state index contributed by atoms with van der Waals surface area (Å²) in [5.41, 5.74) is -1.73. The summed E-state index contributed by atoms with van der Waals surface area (Å²) in [6.07, 6.45) is -16.5. The van der Waals surface area contributed by atoms with Gasteiger partial charge in [0.25, 0.3) is 0 Å². The third-order valence-corrected chi connectivity index (χ3v) is 4.26. The van der Waals surface area contributed by atoms with E-state index < -0.39 is 73.6 Å². The highest BCUT2D eigenvalue weighted by Crippen LogP contribution is 2.29. The van der Waals surface area contributed by atoms with Crippen LogP contribution in [-0.4, -0.2) is 114 Å². The first-order chi connectivity index (χ1) is 11.2. The van der Waals surface area contributed by atoms with Crippen molar-refractivity contribution < 1.29 is 55.1 Å². The van der Waals surface area contributed by atoms with Crippen LogP contribution in [0.3, 0.4) is 0 Å². The second kappa shape index (κ2) is 8.03. The molecule has 0 amide bonds. The Kier molecular flexibility index (Phi) is 6.75. The fraction of sp³-hybridized carbons (Fsp3) is 1.00. The minimum Gasteiger partial charge on any atom is -0.394 e. The molecule has 0 aromatic heterocycles. The van der Waals surface area contributed by atoms with Crippen LogP contribution >= 0.6 is 11.6 Å². The SMILES string of the molecule is OC[C@H]1O[C@H](O)[C@H](O)[C@@H](O)[C@@H]1O[C@@H]1O[C@H](C(O)Cl)[C@H](O)[C@H](O)[C@H]1O. The van der Waals surface area contributed by atoms with Gasteiger partial charge in [0.15, 0.2) is 18.1 Å². The Morgan fingerprint density at radius 2 is 1.50 bits per heavy atom. The molecule has 0 aromatic rings. The van der Waals surface area contributed by atoms with Crippen LogP contribution in [0.1, 0.15) is 0 Å². The fourth-order valence-corrected chi connectivity index (χ4v) is 2.81. The topological polar surface area (TPSA) is 190 Å². The molecule has 11 nitrogen and oxygen atoms in total. The van der Waals surface area contributed by atoms with Gasteiger partial charge >= 0.3 is 0 Å². The number of ether oxygens (including phenoxy) is 3. The molecule has 2 fully saturated rings. The zero-order chi connectivity index (χ0) is 18.2. The molecule has 2 heterocycles. The van der Waals surface area contributed by atoms with Gasteiger partial charge in [0.1, 0.15) is 48.8 Å². The third-order valence-electron chi connectivity index (χ3n) is 4.01. The second-order valence-electron chi connectivity index (χ2n) is 5.64. The first kappa shape index (κ1) is 20.2. The lowest BCUT2D eigenvalue weighted by atomic mass is 9.97. The summed E-state index contributed by atoms with van der Waals surface area (Å²) < 4.78 is 15.2. The maximum absolute atomic E-state index is 9.97. The molecule has 0 aromatic carbocycles. The Morgan fingerprint density at radius 1 is 0.875 bits per heavy atom. The van der Waals surface area contributed by atoms with Crippen LogP contribution in [0, 0.1) is 0 Å². The molecule has 8 N–H and O–H groups in total. The Bertz CT molecular complexity index is 410. The van der Waals surface area contributed by atoms with Crippen molar-refractivity contribution in [2.75, 3.05) is 6.61 Å². The van der Waals surface area contributed by atoms with Gasteiger partial charge in [-0.15, -0.1) is 0 Å². The molecule has 0 bridgehead atoms. The largest absolute Gasteiger partial charge is 0.394 e. The number of halogens is 1. The van der Waals surface area contributed by atoms with Crippen molar-refractivity contribution >= 4 is 11.6 Å². The van der Waals surface area contributed by atoms with Gasteiger partial charge in [-0.1, -0.05) is 11.6 Å². The Hall–Kier alpha value is -0.150. The molecule has 2 saturated heterocycles.